The van der Waals surface area contributed by atoms with Crippen molar-refractivity contribution in [3.63, 3.8) is 0 Å². The predicted molar refractivity (Wildman–Crippen MR) is 191 cm³/mol. The Morgan fingerprint density at radius 2 is 1.71 bits per heavy atom. The van der Waals surface area contributed by atoms with Crippen molar-refractivity contribution < 1.29 is 24.0 Å². The Kier molecular flexibility index (Phi) is 11.9. The van der Waals surface area contributed by atoms with Crippen LogP contribution in [0, 0.1) is 0 Å². The standard InChI is InChI=1S/C37H46N6O5S/c1-40(2)17-16-38-36(47)32-14-15-34(45)41(3)23-35(46)43-22-29(39-33(44)19-25-12-13-26-8-5-6-9-27(26)18-25)21-30(43)24-49-31-11-7-10-28(20-31)37(48)42(32)4/h5-13,18,20,29-30,32H,14-17,19,21-24H2,1-4H3,(H,38,47)(H,39,44)/t29-,30+,32+/m1/s1. The Labute approximate surface area is 292 Å². The van der Waals surface area contributed by atoms with E-state index in [0.717, 1.165) is 21.2 Å². The lowest BCUT2D eigenvalue weighted by Gasteiger charge is -2.30. The van der Waals surface area contributed by atoms with Crippen LogP contribution < -0.4 is 10.6 Å². The largest absolute Gasteiger partial charge is 0.353 e. The van der Waals surface area contributed by atoms with E-state index >= 15 is 0 Å². The molecule has 5 amide bonds. The van der Waals surface area contributed by atoms with E-state index < -0.39 is 6.04 Å². The molecule has 0 unspecified atom stereocenters. The molecule has 0 radical (unpaired) electrons. The van der Waals surface area contributed by atoms with Crippen molar-refractivity contribution in [1.82, 2.24) is 30.2 Å². The van der Waals surface area contributed by atoms with Gasteiger partial charge in [0.15, 0.2) is 0 Å². The van der Waals surface area contributed by atoms with Crippen LogP contribution in [0.4, 0.5) is 0 Å². The summed E-state index contributed by atoms with van der Waals surface area (Å²) >= 11 is 1.53. The molecule has 3 atom stereocenters. The van der Waals surface area contributed by atoms with Gasteiger partial charge in [0, 0.05) is 68.4 Å². The van der Waals surface area contributed by atoms with Crippen molar-refractivity contribution in [3.8, 4) is 0 Å². The second-order valence-electron chi connectivity index (χ2n) is 13.2. The van der Waals surface area contributed by atoms with E-state index in [4.69, 9.17) is 0 Å². The quantitative estimate of drug-likeness (QED) is 0.392. The minimum Gasteiger partial charge on any atom is -0.353 e. The smallest absolute Gasteiger partial charge is 0.254 e. The minimum absolute atomic E-state index is 0.0139. The van der Waals surface area contributed by atoms with E-state index in [1.807, 2.05) is 73.6 Å². The van der Waals surface area contributed by atoms with Crippen molar-refractivity contribution in [2.45, 2.75) is 48.7 Å². The molecule has 1 fully saturated rings. The highest BCUT2D eigenvalue weighted by atomic mass is 32.2. The van der Waals surface area contributed by atoms with Gasteiger partial charge in [0.2, 0.25) is 23.6 Å². The number of likely N-dealkylation sites (N-methyl/N-ethyl adjacent to an activating group) is 3. The van der Waals surface area contributed by atoms with Gasteiger partial charge in [-0.05, 0) is 61.5 Å². The van der Waals surface area contributed by atoms with Gasteiger partial charge in [-0.25, -0.2) is 0 Å². The normalized spacial score (nSPS) is 20.9. The van der Waals surface area contributed by atoms with Gasteiger partial charge in [0.25, 0.3) is 5.91 Å². The fourth-order valence-corrected chi connectivity index (χ4v) is 7.49. The van der Waals surface area contributed by atoms with Gasteiger partial charge in [-0.15, -0.1) is 11.8 Å². The van der Waals surface area contributed by atoms with Crippen LogP contribution in [0.25, 0.3) is 10.8 Å². The number of hydrogen-bond donors (Lipinski definition) is 2. The van der Waals surface area contributed by atoms with E-state index in [9.17, 15) is 24.0 Å². The maximum absolute atomic E-state index is 13.7. The van der Waals surface area contributed by atoms with Gasteiger partial charge in [-0.2, -0.15) is 0 Å². The van der Waals surface area contributed by atoms with Gasteiger partial charge < -0.3 is 30.2 Å². The molecule has 260 valence electrons. The molecule has 3 aromatic rings. The molecule has 2 heterocycles. The number of carbonyl (C=O) groups excluding carboxylic acids is 5. The molecule has 0 aliphatic carbocycles. The average molecular weight is 687 g/mol. The SMILES string of the molecule is CN(C)CCNC(=O)[C@@H]1CCC(=O)N(C)CC(=O)N2C[C@H](NC(=O)Cc3ccc4ccccc4c3)C[C@H]2CSc2cccc(c2)C(=O)N1C. The summed E-state index contributed by atoms with van der Waals surface area (Å²) < 4.78 is 0. The third-order valence-corrected chi connectivity index (χ3v) is 10.3. The molecule has 11 nitrogen and oxygen atoms in total. The summed E-state index contributed by atoms with van der Waals surface area (Å²) in [5.74, 6) is -0.689. The van der Waals surface area contributed by atoms with Crippen LogP contribution in [0.5, 0.6) is 0 Å². The molecular formula is C37H46N6O5S. The van der Waals surface area contributed by atoms with E-state index in [0.29, 0.717) is 37.4 Å². The molecule has 2 N–H and O–H groups in total. The van der Waals surface area contributed by atoms with Gasteiger partial charge in [0.05, 0.1) is 13.0 Å². The van der Waals surface area contributed by atoms with Crippen LogP contribution in [0.15, 0.2) is 71.6 Å². The molecule has 3 aromatic carbocycles. The van der Waals surface area contributed by atoms with Crippen molar-refractivity contribution in [2.75, 3.05) is 60.1 Å². The Morgan fingerprint density at radius 1 is 0.939 bits per heavy atom. The first kappa shape index (κ1) is 35.9. The lowest BCUT2D eigenvalue weighted by molar-refractivity contribution is -0.140. The maximum atomic E-state index is 13.7. The number of nitrogens with zero attached hydrogens (tertiary/aromatic N) is 4. The van der Waals surface area contributed by atoms with Gasteiger partial charge in [-0.1, -0.05) is 48.5 Å². The Hall–Kier alpha value is -4.42. The third-order valence-electron chi connectivity index (χ3n) is 9.18. The molecule has 1 saturated heterocycles. The average Bonchev–Trinajstić information content (AvgIpc) is 3.48. The summed E-state index contributed by atoms with van der Waals surface area (Å²) in [7, 11) is 6.98. The Morgan fingerprint density at radius 3 is 2.49 bits per heavy atom. The molecular weight excluding hydrogens is 641 g/mol. The van der Waals surface area contributed by atoms with Crippen LogP contribution in [0.1, 0.15) is 35.2 Å². The van der Waals surface area contributed by atoms with Crippen LogP contribution in [0.3, 0.4) is 0 Å². The fraction of sp³-hybridized carbons (Fsp3) is 0.432. The number of hydrogen-bond acceptors (Lipinski definition) is 7. The number of fused-ring (bicyclic) bond motifs is 4. The Balaban J connectivity index is 1.31. The molecule has 5 rings (SSSR count). The molecule has 12 heteroatoms. The maximum Gasteiger partial charge on any atom is 0.254 e. The lowest BCUT2D eigenvalue weighted by atomic mass is 10.0. The summed E-state index contributed by atoms with van der Waals surface area (Å²) in [5.41, 5.74) is 1.35. The van der Waals surface area contributed by atoms with Gasteiger partial charge in [0.1, 0.15) is 6.04 Å². The van der Waals surface area contributed by atoms with Crippen molar-refractivity contribution in [2.24, 2.45) is 0 Å². The minimum atomic E-state index is -0.867. The van der Waals surface area contributed by atoms with E-state index in [-0.39, 0.29) is 67.4 Å². The number of benzene rings is 3. The van der Waals surface area contributed by atoms with Gasteiger partial charge >= 0.3 is 0 Å². The summed E-state index contributed by atoms with van der Waals surface area (Å²) in [6.45, 7) is 1.25. The molecule has 0 aromatic heterocycles. The highest BCUT2D eigenvalue weighted by Gasteiger charge is 2.37. The number of rotatable bonds is 7. The van der Waals surface area contributed by atoms with Crippen molar-refractivity contribution >= 4 is 52.1 Å². The zero-order valence-electron chi connectivity index (χ0n) is 28.7. The summed E-state index contributed by atoms with van der Waals surface area (Å²) in [6, 6.07) is 20.0. The first-order valence-electron chi connectivity index (χ1n) is 16.7. The van der Waals surface area contributed by atoms with E-state index in [1.54, 1.807) is 31.1 Å². The predicted octanol–water partition coefficient (Wildman–Crippen LogP) is 2.63. The highest BCUT2D eigenvalue weighted by molar-refractivity contribution is 7.99. The molecule has 2 bridgehead atoms. The van der Waals surface area contributed by atoms with Crippen LogP contribution in [-0.2, 0) is 25.6 Å². The fourth-order valence-electron chi connectivity index (χ4n) is 6.41. The van der Waals surface area contributed by atoms with Crippen LogP contribution in [-0.4, -0.2) is 127 Å². The molecule has 49 heavy (non-hydrogen) atoms. The van der Waals surface area contributed by atoms with Crippen LogP contribution >= 0.6 is 11.8 Å². The molecule has 0 saturated carbocycles. The summed E-state index contributed by atoms with van der Waals surface area (Å²) in [6.07, 6.45) is 0.904. The molecule has 2 aliphatic heterocycles. The van der Waals surface area contributed by atoms with Crippen molar-refractivity contribution in [1.29, 1.82) is 0 Å². The second kappa shape index (κ2) is 16.3. The molecule has 2 aliphatic rings. The second-order valence-corrected chi connectivity index (χ2v) is 14.3. The number of nitrogens with one attached hydrogen (secondary N) is 2. The number of carbonyl (C=O) groups is 5. The van der Waals surface area contributed by atoms with Crippen molar-refractivity contribution in [3.05, 3.63) is 77.9 Å². The topological polar surface area (TPSA) is 122 Å². The number of amides is 5. The molecule has 0 spiro atoms. The number of thioether (sulfide) groups is 1. The first-order chi connectivity index (χ1) is 23.5. The third kappa shape index (κ3) is 9.39. The van der Waals surface area contributed by atoms with Crippen LogP contribution in [0.2, 0.25) is 0 Å². The zero-order valence-corrected chi connectivity index (χ0v) is 29.5. The first-order valence-corrected chi connectivity index (χ1v) is 17.7. The zero-order chi connectivity index (χ0) is 35.1. The summed E-state index contributed by atoms with van der Waals surface area (Å²) in [5, 5.41) is 8.23. The lowest BCUT2D eigenvalue weighted by Crippen LogP contribution is -2.49. The van der Waals surface area contributed by atoms with E-state index in [1.165, 1.54) is 21.6 Å². The van der Waals surface area contributed by atoms with Gasteiger partial charge in [-0.3, -0.25) is 24.0 Å². The monoisotopic (exact) mass is 686 g/mol. The van der Waals surface area contributed by atoms with E-state index in [2.05, 4.69) is 10.6 Å². The highest BCUT2D eigenvalue weighted by Crippen LogP contribution is 2.28. The Bertz CT molecular complexity index is 1700. The summed E-state index contributed by atoms with van der Waals surface area (Å²) in [4.78, 5) is 74.4.